The Hall–Kier alpha value is -0.120. The van der Waals surface area contributed by atoms with Crippen molar-refractivity contribution in [1.82, 2.24) is 5.32 Å². The van der Waals surface area contributed by atoms with Crippen molar-refractivity contribution in [1.29, 1.82) is 0 Å². The Morgan fingerprint density at radius 1 is 1.40 bits per heavy atom. The SMILES string of the molecule is CCC(C)(O)CNCCOC1CCCC1. The van der Waals surface area contributed by atoms with Gasteiger partial charge in [0.2, 0.25) is 0 Å². The summed E-state index contributed by atoms with van der Waals surface area (Å²) in [4.78, 5) is 0. The smallest absolute Gasteiger partial charge is 0.0741 e. The predicted octanol–water partition coefficient (Wildman–Crippen LogP) is 1.70. The monoisotopic (exact) mass is 215 g/mol. The van der Waals surface area contributed by atoms with Crippen LogP contribution >= 0.6 is 0 Å². The van der Waals surface area contributed by atoms with Crippen molar-refractivity contribution in [3.05, 3.63) is 0 Å². The van der Waals surface area contributed by atoms with E-state index in [1.54, 1.807) is 0 Å². The highest BCUT2D eigenvalue weighted by molar-refractivity contribution is 4.73. The Kier molecular flexibility index (Phi) is 5.58. The molecule has 1 unspecified atom stereocenters. The second kappa shape index (κ2) is 6.46. The van der Waals surface area contributed by atoms with Gasteiger partial charge in [-0.2, -0.15) is 0 Å². The van der Waals surface area contributed by atoms with Crippen molar-refractivity contribution >= 4 is 0 Å². The van der Waals surface area contributed by atoms with E-state index < -0.39 is 5.60 Å². The maximum absolute atomic E-state index is 9.73. The van der Waals surface area contributed by atoms with Gasteiger partial charge < -0.3 is 15.2 Å². The molecule has 0 bridgehead atoms. The fourth-order valence-electron chi connectivity index (χ4n) is 1.84. The molecule has 0 aromatic rings. The van der Waals surface area contributed by atoms with E-state index in [0.717, 1.165) is 19.6 Å². The molecule has 2 N–H and O–H groups in total. The maximum atomic E-state index is 9.73. The Labute approximate surface area is 93.2 Å². The lowest BCUT2D eigenvalue weighted by molar-refractivity contribution is 0.0413. The fourth-order valence-corrected chi connectivity index (χ4v) is 1.84. The Morgan fingerprint density at radius 2 is 2.07 bits per heavy atom. The van der Waals surface area contributed by atoms with Crippen molar-refractivity contribution in [3.63, 3.8) is 0 Å². The average molecular weight is 215 g/mol. The highest BCUT2D eigenvalue weighted by Gasteiger charge is 2.17. The van der Waals surface area contributed by atoms with Crippen molar-refractivity contribution in [2.24, 2.45) is 0 Å². The molecular formula is C12H25NO2. The molecule has 0 heterocycles. The molecule has 0 aliphatic heterocycles. The van der Waals surface area contributed by atoms with Crippen LogP contribution < -0.4 is 5.32 Å². The molecule has 0 amide bonds. The first-order valence-corrected chi connectivity index (χ1v) is 6.19. The molecule has 1 atom stereocenters. The standard InChI is InChI=1S/C12H25NO2/c1-3-12(2,14)10-13-8-9-15-11-6-4-5-7-11/h11,13-14H,3-10H2,1-2H3. The average Bonchev–Trinajstić information content (AvgIpc) is 2.70. The van der Waals surface area contributed by atoms with Gasteiger partial charge in [-0.1, -0.05) is 19.8 Å². The van der Waals surface area contributed by atoms with Gasteiger partial charge in [0.15, 0.2) is 0 Å². The Morgan fingerprint density at radius 3 is 2.67 bits per heavy atom. The van der Waals surface area contributed by atoms with E-state index in [1.165, 1.54) is 25.7 Å². The minimum Gasteiger partial charge on any atom is -0.389 e. The third kappa shape index (κ3) is 5.50. The molecule has 0 aromatic heterocycles. The molecule has 90 valence electrons. The summed E-state index contributed by atoms with van der Waals surface area (Å²) in [5.74, 6) is 0. The Bertz CT molecular complexity index is 165. The molecule has 1 aliphatic rings. The van der Waals surface area contributed by atoms with Crippen LogP contribution in [0, 0.1) is 0 Å². The molecule has 0 saturated heterocycles. The van der Waals surface area contributed by atoms with E-state index in [4.69, 9.17) is 4.74 Å². The molecule has 0 spiro atoms. The number of ether oxygens (including phenoxy) is 1. The number of hydrogen-bond acceptors (Lipinski definition) is 3. The van der Waals surface area contributed by atoms with Crippen LogP contribution in [0.15, 0.2) is 0 Å². The molecule has 0 aromatic carbocycles. The third-order valence-corrected chi connectivity index (χ3v) is 3.20. The molecule has 1 fully saturated rings. The van der Waals surface area contributed by atoms with Crippen LogP contribution in [0.4, 0.5) is 0 Å². The summed E-state index contributed by atoms with van der Waals surface area (Å²) in [5, 5.41) is 13.0. The van der Waals surface area contributed by atoms with E-state index in [9.17, 15) is 5.11 Å². The van der Waals surface area contributed by atoms with Crippen molar-refractivity contribution in [3.8, 4) is 0 Å². The fraction of sp³-hybridized carbons (Fsp3) is 1.00. The molecule has 1 rings (SSSR count). The first-order chi connectivity index (χ1) is 7.14. The van der Waals surface area contributed by atoms with Gasteiger partial charge in [-0.3, -0.25) is 0 Å². The van der Waals surface area contributed by atoms with E-state index in [2.05, 4.69) is 5.32 Å². The molecular weight excluding hydrogens is 190 g/mol. The zero-order valence-corrected chi connectivity index (χ0v) is 10.1. The number of rotatable bonds is 7. The number of hydrogen-bond donors (Lipinski definition) is 2. The second-order valence-corrected chi connectivity index (χ2v) is 4.80. The van der Waals surface area contributed by atoms with Crippen LogP contribution in [0.3, 0.4) is 0 Å². The van der Waals surface area contributed by atoms with E-state index in [1.807, 2.05) is 13.8 Å². The summed E-state index contributed by atoms with van der Waals surface area (Å²) in [6.45, 7) is 6.11. The van der Waals surface area contributed by atoms with Crippen molar-refractivity contribution in [2.45, 2.75) is 57.7 Å². The zero-order chi connectivity index (χ0) is 11.1. The van der Waals surface area contributed by atoms with E-state index in [0.29, 0.717) is 12.6 Å². The third-order valence-electron chi connectivity index (χ3n) is 3.20. The summed E-state index contributed by atoms with van der Waals surface area (Å²) in [5.41, 5.74) is -0.576. The normalized spacial score (nSPS) is 21.8. The molecule has 0 radical (unpaired) electrons. The lowest BCUT2D eigenvalue weighted by Gasteiger charge is -2.21. The van der Waals surface area contributed by atoms with Gasteiger partial charge in [0.05, 0.1) is 18.3 Å². The van der Waals surface area contributed by atoms with Gasteiger partial charge in [0, 0.05) is 13.1 Å². The summed E-state index contributed by atoms with van der Waals surface area (Å²) < 4.78 is 5.71. The summed E-state index contributed by atoms with van der Waals surface area (Å²) in [6.07, 6.45) is 6.38. The summed E-state index contributed by atoms with van der Waals surface area (Å²) in [6, 6.07) is 0. The van der Waals surface area contributed by atoms with Crippen molar-refractivity contribution in [2.75, 3.05) is 19.7 Å². The lowest BCUT2D eigenvalue weighted by Crippen LogP contribution is -2.38. The van der Waals surface area contributed by atoms with E-state index in [-0.39, 0.29) is 0 Å². The summed E-state index contributed by atoms with van der Waals surface area (Å²) >= 11 is 0. The predicted molar refractivity (Wildman–Crippen MR) is 62.0 cm³/mol. The largest absolute Gasteiger partial charge is 0.389 e. The molecule has 1 aliphatic carbocycles. The highest BCUT2D eigenvalue weighted by atomic mass is 16.5. The minimum atomic E-state index is -0.576. The Balaban J connectivity index is 1.92. The second-order valence-electron chi connectivity index (χ2n) is 4.80. The zero-order valence-electron chi connectivity index (χ0n) is 10.1. The van der Waals surface area contributed by atoms with Gasteiger partial charge in [-0.25, -0.2) is 0 Å². The lowest BCUT2D eigenvalue weighted by atomic mass is 10.0. The van der Waals surface area contributed by atoms with Crippen LogP contribution in [-0.2, 0) is 4.74 Å². The van der Waals surface area contributed by atoms with Gasteiger partial charge >= 0.3 is 0 Å². The van der Waals surface area contributed by atoms with E-state index >= 15 is 0 Å². The summed E-state index contributed by atoms with van der Waals surface area (Å²) in [7, 11) is 0. The topological polar surface area (TPSA) is 41.5 Å². The van der Waals surface area contributed by atoms with Gasteiger partial charge in [0.1, 0.15) is 0 Å². The van der Waals surface area contributed by atoms with Gasteiger partial charge in [0.25, 0.3) is 0 Å². The molecule has 15 heavy (non-hydrogen) atoms. The first kappa shape index (κ1) is 12.9. The molecule has 3 heteroatoms. The van der Waals surface area contributed by atoms with Crippen LogP contribution in [0.2, 0.25) is 0 Å². The quantitative estimate of drug-likeness (QED) is 0.635. The molecule has 1 saturated carbocycles. The van der Waals surface area contributed by atoms with Crippen LogP contribution in [0.1, 0.15) is 46.0 Å². The first-order valence-electron chi connectivity index (χ1n) is 6.19. The van der Waals surface area contributed by atoms with Gasteiger partial charge in [-0.05, 0) is 26.2 Å². The number of aliphatic hydroxyl groups is 1. The van der Waals surface area contributed by atoms with Crippen LogP contribution in [-0.4, -0.2) is 36.5 Å². The molecule has 3 nitrogen and oxygen atoms in total. The highest BCUT2D eigenvalue weighted by Crippen LogP contribution is 2.20. The maximum Gasteiger partial charge on any atom is 0.0741 e. The van der Waals surface area contributed by atoms with Crippen LogP contribution in [0.5, 0.6) is 0 Å². The van der Waals surface area contributed by atoms with Gasteiger partial charge in [-0.15, -0.1) is 0 Å². The van der Waals surface area contributed by atoms with Crippen LogP contribution in [0.25, 0.3) is 0 Å². The van der Waals surface area contributed by atoms with Crippen molar-refractivity contribution < 1.29 is 9.84 Å². The number of nitrogens with one attached hydrogen (secondary N) is 1. The minimum absolute atomic E-state index is 0.499.